The Bertz CT molecular complexity index is 788. The van der Waals surface area contributed by atoms with Crippen LogP contribution in [0.3, 0.4) is 0 Å². The lowest BCUT2D eigenvalue weighted by atomic mass is 10.2. The van der Waals surface area contributed by atoms with Gasteiger partial charge in [0, 0.05) is 30.4 Å². The summed E-state index contributed by atoms with van der Waals surface area (Å²) in [5, 5.41) is 2.87. The van der Waals surface area contributed by atoms with E-state index in [-0.39, 0.29) is 12.5 Å². The first-order valence-corrected chi connectivity index (χ1v) is 8.70. The van der Waals surface area contributed by atoms with Gasteiger partial charge < -0.3 is 19.7 Å². The summed E-state index contributed by atoms with van der Waals surface area (Å²) >= 11 is 0. The number of benzene rings is 1. The number of carbonyl (C=O) groups excluding carboxylic acids is 1. The van der Waals surface area contributed by atoms with Crippen LogP contribution in [-0.4, -0.2) is 43.2 Å². The van der Waals surface area contributed by atoms with E-state index in [1.54, 1.807) is 32.4 Å². The lowest BCUT2D eigenvalue weighted by Gasteiger charge is -2.17. The molecule has 7 nitrogen and oxygen atoms in total. The van der Waals surface area contributed by atoms with Crippen molar-refractivity contribution in [3.8, 4) is 11.5 Å². The smallest absolute Gasteiger partial charge is 0.251 e. The molecule has 2 aromatic rings. The third kappa shape index (κ3) is 4.04. The summed E-state index contributed by atoms with van der Waals surface area (Å²) in [6, 6.07) is 7.05. The van der Waals surface area contributed by atoms with Crippen molar-refractivity contribution in [3.63, 3.8) is 0 Å². The molecule has 0 atom stereocenters. The summed E-state index contributed by atoms with van der Waals surface area (Å²) in [5.74, 6) is 2.44. The number of methoxy groups -OCH3 is 2. The molecule has 7 heteroatoms. The molecule has 1 aliphatic rings. The highest BCUT2D eigenvalue weighted by Gasteiger charge is 2.16. The zero-order chi connectivity index (χ0) is 18.5. The Morgan fingerprint density at radius 2 is 1.85 bits per heavy atom. The van der Waals surface area contributed by atoms with Crippen LogP contribution < -0.4 is 19.7 Å². The Kier molecular flexibility index (Phi) is 5.55. The monoisotopic (exact) mass is 356 g/mol. The van der Waals surface area contributed by atoms with Crippen molar-refractivity contribution in [2.45, 2.75) is 26.3 Å². The van der Waals surface area contributed by atoms with Crippen LogP contribution in [0.15, 0.2) is 24.3 Å². The fourth-order valence-corrected chi connectivity index (χ4v) is 3.04. The Labute approximate surface area is 153 Å². The van der Waals surface area contributed by atoms with Crippen molar-refractivity contribution in [3.05, 3.63) is 41.3 Å². The number of anilines is 1. The summed E-state index contributed by atoms with van der Waals surface area (Å²) in [5.41, 5.74) is 1.40. The Morgan fingerprint density at radius 1 is 1.12 bits per heavy atom. The van der Waals surface area contributed by atoms with Crippen molar-refractivity contribution >= 4 is 11.7 Å². The maximum atomic E-state index is 12.4. The van der Waals surface area contributed by atoms with E-state index >= 15 is 0 Å². The first kappa shape index (κ1) is 18.0. The Hall–Kier alpha value is -2.83. The van der Waals surface area contributed by atoms with E-state index in [0.717, 1.165) is 24.6 Å². The first-order valence-electron chi connectivity index (χ1n) is 8.70. The highest BCUT2D eigenvalue weighted by molar-refractivity contribution is 5.94. The summed E-state index contributed by atoms with van der Waals surface area (Å²) in [7, 11) is 3.10. The van der Waals surface area contributed by atoms with Gasteiger partial charge in [-0.2, -0.15) is 0 Å². The number of hydrogen-bond acceptors (Lipinski definition) is 6. The minimum absolute atomic E-state index is 0.209. The number of hydrogen-bond donors (Lipinski definition) is 1. The predicted octanol–water partition coefficient (Wildman–Crippen LogP) is 2.33. The lowest BCUT2D eigenvalue weighted by molar-refractivity contribution is 0.0949. The van der Waals surface area contributed by atoms with Gasteiger partial charge in [-0.1, -0.05) is 0 Å². The zero-order valence-electron chi connectivity index (χ0n) is 15.4. The normalized spacial score (nSPS) is 13.6. The van der Waals surface area contributed by atoms with Gasteiger partial charge in [0.05, 0.1) is 20.8 Å². The molecule has 1 fully saturated rings. The number of amides is 1. The van der Waals surface area contributed by atoms with Gasteiger partial charge in [0.1, 0.15) is 11.6 Å². The van der Waals surface area contributed by atoms with E-state index in [2.05, 4.69) is 20.2 Å². The number of ether oxygens (including phenoxy) is 2. The molecule has 0 bridgehead atoms. The van der Waals surface area contributed by atoms with Gasteiger partial charge >= 0.3 is 0 Å². The number of nitrogens with zero attached hydrogens (tertiary/aromatic N) is 3. The fraction of sp³-hybridized carbons (Fsp3) is 0.421. The molecule has 26 heavy (non-hydrogen) atoms. The van der Waals surface area contributed by atoms with Crippen LogP contribution in [0.4, 0.5) is 5.82 Å². The zero-order valence-corrected chi connectivity index (χ0v) is 15.4. The number of aromatic nitrogens is 2. The van der Waals surface area contributed by atoms with Crippen molar-refractivity contribution in [2.24, 2.45) is 0 Å². The third-order valence-corrected chi connectivity index (χ3v) is 4.37. The molecule has 3 rings (SSSR count). The predicted molar refractivity (Wildman–Crippen MR) is 98.9 cm³/mol. The van der Waals surface area contributed by atoms with Gasteiger partial charge in [-0.25, -0.2) is 9.97 Å². The SMILES string of the molecule is COc1ccc(C(=O)NCc2nc(C)cc(N3CCCC3)n2)cc1OC. The molecular weight excluding hydrogens is 332 g/mol. The van der Waals surface area contributed by atoms with Gasteiger partial charge in [-0.15, -0.1) is 0 Å². The van der Waals surface area contributed by atoms with Crippen LogP contribution in [0.1, 0.15) is 34.7 Å². The largest absolute Gasteiger partial charge is 0.493 e. The molecular formula is C19H24N4O3. The number of nitrogens with one attached hydrogen (secondary N) is 1. The topological polar surface area (TPSA) is 76.6 Å². The van der Waals surface area contributed by atoms with Crippen molar-refractivity contribution in [1.82, 2.24) is 15.3 Å². The van der Waals surface area contributed by atoms with Crippen molar-refractivity contribution < 1.29 is 14.3 Å². The molecule has 1 aromatic heterocycles. The average Bonchev–Trinajstić information content (AvgIpc) is 3.20. The molecule has 2 heterocycles. The second kappa shape index (κ2) is 8.03. The van der Waals surface area contributed by atoms with Gasteiger partial charge in [0.25, 0.3) is 5.91 Å². The Morgan fingerprint density at radius 3 is 2.54 bits per heavy atom. The van der Waals surface area contributed by atoms with Crippen LogP contribution in [0.2, 0.25) is 0 Å². The minimum atomic E-state index is -0.209. The van der Waals surface area contributed by atoms with Crippen molar-refractivity contribution in [2.75, 3.05) is 32.2 Å². The quantitative estimate of drug-likeness (QED) is 0.856. The first-order chi connectivity index (χ1) is 12.6. The second-order valence-electron chi connectivity index (χ2n) is 6.23. The van der Waals surface area contributed by atoms with Gasteiger partial charge in [-0.3, -0.25) is 4.79 Å². The van der Waals surface area contributed by atoms with E-state index in [4.69, 9.17) is 9.47 Å². The third-order valence-electron chi connectivity index (χ3n) is 4.37. The van der Waals surface area contributed by atoms with Crippen LogP contribution >= 0.6 is 0 Å². The molecule has 0 saturated carbocycles. The van der Waals surface area contributed by atoms with Crippen LogP contribution in [-0.2, 0) is 6.54 Å². The van der Waals surface area contributed by atoms with E-state index < -0.39 is 0 Å². The van der Waals surface area contributed by atoms with Crippen LogP contribution in [0, 0.1) is 6.92 Å². The molecule has 0 aliphatic carbocycles. The highest BCUT2D eigenvalue weighted by Crippen LogP contribution is 2.27. The van der Waals surface area contributed by atoms with E-state index in [1.165, 1.54) is 12.8 Å². The number of aryl methyl sites for hydroxylation is 1. The summed E-state index contributed by atoms with van der Waals surface area (Å²) in [6.07, 6.45) is 2.38. The maximum absolute atomic E-state index is 12.4. The summed E-state index contributed by atoms with van der Waals surface area (Å²) < 4.78 is 10.4. The average molecular weight is 356 g/mol. The van der Waals surface area contributed by atoms with E-state index in [9.17, 15) is 4.79 Å². The molecule has 1 amide bonds. The van der Waals surface area contributed by atoms with Crippen LogP contribution in [0.25, 0.3) is 0 Å². The molecule has 1 N–H and O–H groups in total. The summed E-state index contributed by atoms with van der Waals surface area (Å²) in [4.78, 5) is 23.7. The number of rotatable bonds is 6. The Balaban J connectivity index is 1.69. The highest BCUT2D eigenvalue weighted by atomic mass is 16.5. The van der Waals surface area contributed by atoms with Crippen molar-refractivity contribution in [1.29, 1.82) is 0 Å². The molecule has 138 valence electrons. The molecule has 0 unspecified atom stereocenters. The lowest BCUT2D eigenvalue weighted by Crippen LogP contribution is -2.25. The molecule has 1 saturated heterocycles. The standard InChI is InChI=1S/C19H24N4O3/c1-13-10-18(23-8-4-5-9-23)22-17(21-13)12-20-19(24)14-6-7-15(25-2)16(11-14)26-3/h6-7,10-11H,4-5,8-9,12H2,1-3H3,(H,20,24). The molecule has 0 spiro atoms. The molecule has 1 aliphatic heterocycles. The number of carbonyl (C=O) groups is 1. The second-order valence-corrected chi connectivity index (χ2v) is 6.23. The minimum Gasteiger partial charge on any atom is -0.493 e. The van der Waals surface area contributed by atoms with E-state index in [0.29, 0.717) is 22.9 Å². The maximum Gasteiger partial charge on any atom is 0.251 e. The van der Waals surface area contributed by atoms with Gasteiger partial charge in [0.15, 0.2) is 11.5 Å². The van der Waals surface area contributed by atoms with Gasteiger partial charge in [-0.05, 0) is 38.0 Å². The molecule has 0 radical (unpaired) electrons. The fourth-order valence-electron chi connectivity index (χ4n) is 3.04. The molecule has 1 aromatic carbocycles. The van der Waals surface area contributed by atoms with E-state index in [1.807, 2.05) is 13.0 Å². The van der Waals surface area contributed by atoms with Crippen LogP contribution in [0.5, 0.6) is 11.5 Å². The summed E-state index contributed by atoms with van der Waals surface area (Å²) in [6.45, 7) is 4.26. The van der Waals surface area contributed by atoms with Gasteiger partial charge in [0.2, 0.25) is 0 Å².